The maximum Gasteiger partial charge on any atom is 0.316 e. The number of rotatable bonds is 3. The average molecular weight is 369 g/mol. The molecule has 0 aliphatic heterocycles. The summed E-state index contributed by atoms with van der Waals surface area (Å²) in [5.41, 5.74) is 10.5. The van der Waals surface area contributed by atoms with Crippen molar-refractivity contribution in [3.63, 3.8) is 0 Å². The first-order chi connectivity index (χ1) is 12.4. The number of nitrogens with two attached hydrogens (primary N) is 1. The third kappa shape index (κ3) is 2.66. The summed E-state index contributed by atoms with van der Waals surface area (Å²) in [6.45, 7) is 4.56. The van der Waals surface area contributed by atoms with Gasteiger partial charge in [-0.1, -0.05) is 23.7 Å². The number of amides is 2. The number of carbonyl (C=O) groups is 1. The second-order valence-electron chi connectivity index (χ2n) is 6.23. The fourth-order valence-electron chi connectivity index (χ4n) is 3.29. The van der Waals surface area contributed by atoms with Gasteiger partial charge in [-0.15, -0.1) is 10.2 Å². The SMILES string of the molecule is Cc1cc2c(cc(NC(N)=O)c3nnc(C)n32)n1Cc1cccc(Cl)c1. The largest absolute Gasteiger partial charge is 0.351 e. The van der Waals surface area contributed by atoms with Gasteiger partial charge in [0, 0.05) is 17.3 Å². The van der Waals surface area contributed by atoms with E-state index in [4.69, 9.17) is 17.3 Å². The van der Waals surface area contributed by atoms with Crippen LogP contribution in [0.25, 0.3) is 16.7 Å². The molecule has 0 radical (unpaired) electrons. The van der Waals surface area contributed by atoms with Crippen LogP contribution in [0.4, 0.5) is 10.5 Å². The molecular weight excluding hydrogens is 352 g/mol. The normalized spacial score (nSPS) is 11.3. The monoisotopic (exact) mass is 368 g/mol. The molecule has 0 unspecified atom stereocenters. The van der Waals surface area contributed by atoms with E-state index >= 15 is 0 Å². The fraction of sp³-hybridized carbons (Fsp3) is 0.167. The summed E-state index contributed by atoms with van der Waals surface area (Å²) in [6, 6.07) is 11.1. The summed E-state index contributed by atoms with van der Waals surface area (Å²) in [7, 11) is 0. The summed E-state index contributed by atoms with van der Waals surface area (Å²) in [4.78, 5) is 11.4. The van der Waals surface area contributed by atoms with Crippen LogP contribution in [0.3, 0.4) is 0 Å². The molecule has 3 N–H and O–H groups in total. The molecule has 0 atom stereocenters. The lowest BCUT2D eigenvalue weighted by Gasteiger charge is -2.11. The lowest BCUT2D eigenvalue weighted by Crippen LogP contribution is -2.20. The first kappa shape index (κ1) is 16.4. The zero-order valence-corrected chi connectivity index (χ0v) is 15.1. The molecule has 3 heterocycles. The summed E-state index contributed by atoms with van der Waals surface area (Å²) >= 11 is 6.12. The van der Waals surface area contributed by atoms with Gasteiger partial charge in [-0.05, 0) is 43.7 Å². The Bertz CT molecular complexity index is 1160. The lowest BCUT2D eigenvalue weighted by atomic mass is 10.2. The highest BCUT2D eigenvalue weighted by Crippen LogP contribution is 2.28. The number of nitrogens with one attached hydrogen (secondary N) is 1. The minimum absolute atomic E-state index is 0.524. The van der Waals surface area contributed by atoms with Gasteiger partial charge in [-0.25, -0.2) is 4.79 Å². The van der Waals surface area contributed by atoms with E-state index < -0.39 is 6.03 Å². The molecule has 4 aromatic rings. The Labute approximate surface area is 154 Å². The second-order valence-corrected chi connectivity index (χ2v) is 6.66. The van der Waals surface area contributed by atoms with Gasteiger partial charge in [0.25, 0.3) is 0 Å². The summed E-state index contributed by atoms with van der Waals surface area (Å²) in [5.74, 6) is 0.734. The van der Waals surface area contributed by atoms with E-state index in [0.717, 1.165) is 28.1 Å². The van der Waals surface area contributed by atoms with Crippen molar-refractivity contribution in [1.29, 1.82) is 0 Å². The number of aromatic nitrogens is 4. The second kappa shape index (κ2) is 6.03. The molecule has 2 amide bonds. The number of anilines is 1. The van der Waals surface area contributed by atoms with Crippen LogP contribution in [0.1, 0.15) is 17.1 Å². The molecule has 0 bridgehead atoms. The van der Waals surface area contributed by atoms with E-state index in [1.807, 2.05) is 48.6 Å². The van der Waals surface area contributed by atoms with Gasteiger partial charge in [0.2, 0.25) is 0 Å². The summed E-state index contributed by atoms with van der Waals surface area (Å²) in [6.07, 6.45) is 0. The fourth-order valence-corrected chi connectivity index (χ4v) is 3.50. The molecule has 0 saturated heterocycles. The van der Waals surface area contributed by atoms with Crippen LogP contribution >= 0.6 is 11.6 Å². The Hall–Kier alpha value is -3.06. The van der Waals surface area contributed by atoms with Crippen molar-refractivity contribution in [2.45, 2.75) is 20.4 Å². The quantitative estimate of drug-likeness (QED) is 0.580. The highest BCUT2D eigenvalue weighted by atomic mass is 35.5. The number of fused-ring (bicyclic) bond motifs is 3. The maximum atomic E-state index is 11.4. The molecule has 132 valence electrons. The summed E-state index contributed by atoms with van der Waals surface area (Å²) in [5, 5.41) is 11.7. The van der Waals surface area contributed by atoms with Gasteiger partial charge in [0.05, 0.1) is 16.7 Å². The van der Waals surface area contributed by atoms with Crippen molar-refractivity contribution < 1.29 is 4.79 Å². The van der Waals surface area contributed by atoms with Crippen molar-refractivity contribution in [2.24, 2.45) is 5.73 Å². The average Bonchev–Trinajstić information content (AvgIpc) is 3.09. The van der Waals surface area contributed by atoms with Crippen LogP contribution in [-0.2, 0) is 6.54 Å². The molecule has 26 heavy (non-hydrogen) atoms. The zero-order valence-electron chi connectivity index (χ0n) is 14.3. The lowest BCUT2D eigenvalue weighted by molar-refractivity contribution is 0.259. The number of halogens is 1. The molecule has 0 fully saturated rings. The van der Waals surface area contributed by atoms with Crippen LogP contribution in [0.15, 0.2) is 36.4 Å². The number of urea groups is 1. The van der Waals surface area contributed by atoms with Crippen molar-refractivity contribution >= 4 is 40.0 Å². The number of hydrogen-bond donors (Lipinski definition) is 2. The molecule has 3 aromatic heterocycles. The van der Waals surface area contributed by atoms with Gasteiger partial charge < -0.3 is 15.6 Å². The number of hydrogen-bond acceptors (Lipinski definition) is 3. The van der Waals surface area contributed by atoms with Crippen LogP contribution < -0.4 is 11.1 Å². The van der Waals surface area contributed by atoms with Crippen LogP contribution in [0.2, 0.25) is 5.02 Å². The minimum Gasteiger partial charge on any atom is -0.351 e. The molecule has 1 aromatic carbocycles. The van der Waals surface area contributed by atoms with Crippen LogP contribution in [0.5, 0.6) is 0 Å². The van der Waals surface area contributed by atoms with E-state index in [1.165, 1.54) is 0 Å². The van der Waals surface area contributed by atoms with Gasteiger partial charge in [-0.2, -0.15) is 0 Å². The first-order valence-corrected chi connectivity index (χ1v) is 8.47. The number of carbonyl (C=O) groups excluding carboxylic acids is 1. The van der Waals surface area contributed by atoms with Gasteiger partial charge in [0.1, 0.15) is 5.82 Å². The molecule has 0 aliphatic rings. The highest BCUT2D eigenvalue weighted by Gasteiger charge is 2.17. The third-order valence-electron chi connectivity index (χ3n) is 4.40. The van der Waals surface area contributed by atoms with Gasteiger partial charge in [0.15, 0.2) is 5.65 Å². The molecular formula is C18H17ClN6O. The smallest absolute Gasteiger partial charge is 0.316 e. The number of aryl methyl sites for hydroxylation is 2. The molecule has 0 aliphatic carbocycles. The predicted molar refractivity (Wildman–Crippen MR) is 102 cm³/mol. The molecule has 4 rings (SSSR count). The number of benzene rings is 1. The molecule has 8 heteroatoms. The Balaban J connectivity index is 1.96. The van der Waals surface area contributed by atoms with Crippen molar-refractivity contribution in [2.75, 3.05) is 5.32 Å². The minimum atomic E-state index is -0.642. The summed E-state index contributed by atoms with van der Waals surface area (Å²) < 4.78 is 4.08. The highest BCUT2D eigenvalue weighted by molar-refractivity contribution is 6.30. The molecule has 7 nitrogen and oxygen atoms in total. The number of nitrogens with zero attached hydrogens (tertiary/aromatic N) is 4. The van der Waals surface area contributed by atoms with Crippen LogP contribution in [-0.4, -0.2) is 25.2 Å². The number of primary amides is 1. The molecule has 0 spiro atoms. The van der Waals surface area contributed by atoms with Crippen molar-refractivity contribution in [1.82, 2.24) is 19.2 Å². The Morgan fingerprint density at radius 1 is 1.19 bits per heavy atom. The van der Waals surface area contributed by atoms with E-state index in [-0.39, 0.29) is 0 Å². The Morgan fingerprint density at radius 2 is 2.00 bits per heavy atom. The Morgan fingerprint density at radius 3 is 2.73 bits per heavy atom. The van der Waals surface area contributed by atoms with E-state index in [1.54, 1.807) is 0 Å². The van der Waals surface area contributed by atoms with Gasteiger partial charge in [-0.3, -0.25) is 4.40 Å². The van der Waals surface area contributed by atoms with Crippen molar-refractivity contribution in [3.05, 3.63) is 58.5 Å². The first-order valence-electron chi connectivity index (χ1n) is 8.09. The van der Waals surface area contributed by atoms with E-state index in [9.17, 15) is 4.79 Å². The predicted octanol–water partition coefficient (Wildman–Crippen LogP) is 3.49. The maximum absolute atomic E-state index is 11.4. The Kier molecular flexibility index (Phi) is 3.81. The van der Waals surface area contributed by atoms with E-state index in [0.29, 0.717) is 22.9 Å². The molecule has 0 saturated carbocycles. The van der Waals surface area contributed by atoms with Crippen LogP contribution in [0, 0.1) is 13.8 Å². The topological polar surface area (TPSA) is 90.2 Å². The zero-order chi connectivity index (χ0) is 18.4. The standard InChI is InChI=1S/C18H17ClN6O/c1-10-6-16-15(24(10)9-12-4-3-5-13(19)7-12)8-14(21-18(20)26)17-23-22-11(2)25(16)17/h3-8H,9H2,1-2H3,(H3,20,21,26). The number of pyridine rings is 1. The van der Waals surface area contributed by atoms with E-state index in [2.05, 4.69) is 26.1 Å². The van der Waals surface area contributed by atoms with Crippen molar-refractivity contribution in [3.8, 4) is 0 Å². The third-order valence-corrected chi connectivity index (χ3v) is 4.63. The van der Waals surface area contributed by atoms with Gasteiger partial charge >= 0.3 is 6.03 Å².